The third-order valence-corrected chi connectivity index (χ3v) is 4.80. The number of unbranched alkanes of at least 4 members (excludes halogenated alkanes) is 1. The molecule has 0 aliphatic rings. The highest BCUT2D eigenvalue weighted by molar-refractivity contribution is 5.97. The molecule has 1 aromatic carbocycles. The van der Waals surface area contributed by atoms with Crippen molar-refractivity contribution in [3.63, 3.8) is 0 Å². The van der Waals surface area contributed by atoms with Gasteiger partial charge in [0, 0.05) is 26.3 Å². The summed E-state index contributed by atoms with van der Waals surface area (Å²) in [6.45, 7) is 0.578. The number of nitrogens with one attached hydrogen (secondary N) is 1. The second kappa shape index (κ2) is 12.9. The second-order valence-electron chi connectivity index (χ2n) is 7.21. The van der Waals surface area contributed by atoms with Crippen LogP contribution in [-0.2, 0) is 25.6 Å². The number of nitro benzene ring substituents is 1. The Morgan fingerprint density at radius 1 is 1.23 bits per heavy atom. The largest absolute Gasteiger partial charge is 0.475 e. The van der Waals surface area contributed by atoms with E-state index in [4.69, 9.17) is 19.9 Å². The minimum Gasteiger partial charge on any atom is -0.475 e. The first-order valence-electron chi connectivity index (χ1n) is 10.6. The Labute approximate surface area is 199 Å². The zero-order valence-corrected chi connectivity index (χ0v) is 19.4. The van der Waals surface area contributed by atoms with Crippen molar-refractivity contribution < 1.29 is 28.7 Å². The molecule has 35 heavy (non-hydrogen) atoms. The van der Waals surface area contributed by atoms with Crippen molar-refractivity contribution >= 4 is 29.1 Å². The van der Waals surface area contributed by atoms with Crippen LogP contribution in [0.15, 0.2) is 33.9 Å². The van der Waals surface area contributed by atoms with Crippen LogP contribution < -0.4 is 26.6 Å². The zero-order chi connectivity index (χ0) is 26.0. The van der Waals surface area contributed by atoms with Gasteiger partial charge in [0.2, 0.25) is 0 Å². The van der Waals surface area contributed by atoms with Gasteiger partial charge in [0.05, 0.1) is 11.5 Å². The summed E-state index contributed by atoms with van der Waals surface area (Å²) in [5, 5.41) is 11.0. The Morgan fingerprint density at radius 2 is 1.94 bits per heavy atom. The van der Waals surface area contributed by atoms with E-state index in [1.54, 1.807) is 0 Å². The molecule has 3 N–H and O–H groups in total. The molecule has 14 heteroatoms. The Hall–Kier alpha value is -4.20. The van der Waals surface area contributed by atoms with Crippen LogP contribution >= 0.6 is 0 Å². The number of methoxy groups -OCH3 is 1. The van der Waals surface area contributed by atoms with Gasteiger partial charge in [-0.2, -0.15) is 0 Å². The first kappa shape index (κ1) is 27.0. The molecule has 0 atom stereocenters. The lowest BCUT2D eigenvalue weighted by atomic mass is 10.3. The highest BCUT2D eigenvalue weighted by Gasteiger charge is 2.25. The number of H-pyrrole nitrogens is 1. The van der Waals surface area contributed by atoms with Crippen molar-refractivity contribution in [1.82, 2.24) is 9.55 Å². The number of nitrogens with two attached hydrogens (primary N) is 1. The van der Waals surface area contributed by atoms with Crippen LogP contribution in [0.1, 0.15) is 19.8 Å². The number of hydrogen-bond donors (Lipinski definition) is 2. The molecule has 1 amide bonds. The third-order valence-electron chi connectivity index (χ3n) is 4.80. The monoisotopic (exact) mass is 493 g/mol. The van der Waals surface area contributed by atoms with Crippen LogP contribution in [0.4, 0.5) is 17.2 Å². The van der Waals surface area contributed by atoms with E-state index in [2.05, 4.69) is 4.98 Å². The Bertz CT molecular complexity index is 1170. The van der Waals surface area contributed by atoms with Crippen LogP contribution in [0.2, 0.25) is 0 Å². The lowest BCUT2D eigenvalue weighted by molar-refractivity contribution is -0.385. The number of nitrogen functional groups attached to an aromatic ring is 1. The number of aromatic amines is 1. The number of anilines is 2. The van der Waals surface area contributed by atoms with Gasteiger partial charge in [-0.15, -0.1) is 0 Å². The minimum absolute atomic E-state index is 0.0213. The number of nitro groups is 1. The fourth-order valence-corrected chi connectivity index (χ4v) is 3.05. The number of benzene rings is 1. The molecule has 0 unspecified atom stereocenters. The molecule has 14 nitrogen and oxygen atoms in total. The van der Waals surface area contributed by atoms with E-state index in [1.807, 2.05) is 6.92 Å². The average molecular weight is 493 g/mol. The number of carbonyl (C=O) groups is 2. The van der Waals surface area contributed by atoms with Crippen molar-refractivity contribution in [3.8, 4) is 5.75 Å². The van der Waals surface area contributed by atoms with Crippen molar-refractivity contribution in [2.45, 2.75) is 26.3 Å². The molecule has 0 aliphatic heterocycles. The number of esters is 1. The summed E-state index contributed by atoms with van der Waals surface area (Å²) in [6, 6.07) is 5.45. The maximum atomic E-state index is 12.9. The fraction of sp³-hybridized carbons (Fsp3) is 0.429. The predicted molar refractivity (Wildman–Crippen MR) is 124 cm³/mol. The number of nitrogens with zero attached hydrogens (tertiary/aromatic N) is 3. The van der Waals surface area contributed by atoms with Gasteiger partial charge in [-0.1, -0.05) is 25.5 Å². The number of ether oxygens (including phenoxy) is 3. The van der Waals surface area contributed by atoms with Crippen LogP contribution in [0, 0.1) is 10.1 Å². The maximum Gasteiger partial charge on any atom is 0.344 e. The summed E-state index contributed by atoms with van der Waals surface area (Å²) in [5.74, 6) is -2.13. The highest BCUT2D eigenvalue weighted by atomic mass is 16.6. The summed E-state index contributed by atoms with van der Waals surface area (Å²) in [5.41, 5.74) is 3.88. The molecule has 0 spiro atoms. The molecule has 0 saturated heterocycles. The van der Waals surface area contributed by atoms with E-state index in [-0.39, 0.29) is 42.6 Å². The topological polar surface area (TPSA) is 189 Å². The molecule has 0 fully saturated rings. The van der Waals surface area contributed by atoms with Gasteiger partial charge in [-0.3, -0.25) is 34.2 Å². The zero-order valence-electron chi connectivity index (χ0n) is 19.4. The van der Waals surface area contributed by atoms with E-state index >= 15 is 0 Å². The minimum atomic E-state index is -0.974. The molecule has 0 bridgehead atoms. The molecular formula is C21H27N5O9. The first-order chi connectivity index (χ1) is 16.7. The van der Waals surface area contributed by atoms with Crippen LogP contribution in [0.25, 0.3) is 0 Å². The summed E-state index contributed by atoms with van der Waals surface area (Å²) < 4.78 is 16.2. The lowest BCUT2D eigenvalue weighted by Gasteiger charge is -2.24. The number of para-hydroxylation sites is 2. The maximum absolute atomic E-state index is 12.9. The summed E-state index contributed by atoms with van der Waals surface area (Å²) in [7, 11) is 1.39. The molecule has 190 valence electrons. The van der Waals surface area contributed by atoms with Crippen LogP contribution in [-0.4, -0.2) is 59.8 Å². The van der Waals surface area contributed by atoms with E-state index in [1.165, 1.54) is 31.4 Å². The normalized spacial score (nSPS) is 10.6. The van der Waals surface area contributed by atoms with E-state index in [0.717, 1.165) is 15.9 Å². The van der Waals surface area contributed by atoms with Crippen molar-refractivity contribution in [2.24, 2.45) is 0 Å². The van der Waals surface area contributed by atoms with E-state index in [0.29, 0.717) is 6.42 Å². The molecule has 2 aromatic rings. The number of amides is 1. The van der Waals surface area contributed by atoms with Crippen molar-refractivity contribution in [2.75, 3.05) is 44.1 Å². The summed E-state index contributed by atoms with van der Waals surface area (Å²) >= 11 is 0. The van der Waals surface area contributed by atoms with Gasteiger partial charge in [-0.25, -0.2) is 9.59 Å². The third kappa shape index (κ3) is 7.14. The Kier molecular flexibility index (Phi) is 9.96. The Balaban J connectivity index is 2.15. The highest BCUT2D eigenvalue weighted by Crippen LogP contribution is 2.25. The molecule has 2 rings (SSSR count). The van der Waals surface area contributed by atoms with Gasteiger partial charge in [-0.05, 0) is 12.5 Å². The average Bonchev–Trinajstić information content (AvgIpc) is 2.83. The van der Waals surface area contributed by atoms with Crippen molar-refractivity contribution in [1.29, 1.82) is 0 Å². The molecule has 0 radical (unpaired) electrons. The second-order valence-corrected chi connectivity index (χ2v) is 7.21. The number of rotatable bonds is 13. The first-order valence-corrected chi connectivity index (χ1v) is 10.6. The van der Waals surface area contributed by atoms with Crippen LogP contribution in [0.3, 0.4) is 0 Å². The van der Waals surface area contributed by atoms with Gasteiger partial charge < -0.3 is 19.9 Å². The Morgan fingerprint density at radius 3 is 2.60 bits per heavy atom. The predicted octanol–water partition coefficient (Wildman–Crippen LogP) is 0.429. The summed E-state index contributed by atoms with van der Waals surface area (Å²) in [6.07, 6.45) is 1.37. The molecule has 1 aromatic heterocycles. The SMILES string of the molecule is CCCCn1c(N)c(N(CCOC)C(=O)COC(=O)COc2ccccc2[N+](=O)[O-])c(=O)[nH]c1=O. The summed E-state index contributed by atoms with van der Waals surface area (Å²) in [4.78, 5) is 63.1. The van der Waals surface area contributed by atoms with Gasteiger partial charge in [0.1, 0.15) is 5.82 Å². The molecule has 0 aliphatic carbocycles. The number of carbonyl (C=O) groups excluding carboxylic acids is 2. The van der Waals surface area contributed by atoms with E-state index in [9.17, 15) is 29.3 Å². The smallest absolute Gasteiger partial charge is 0.344 e. The molecular weight excluding hydrogens is 466 g/mol. The van der Waals surface area contributed by atoms with Gasteiger partial charge in [0.25, 0.3) is 11.5 Å². The van der Waals surface area contributed by atoms with Gasteiger partial charge >= 0.3 is 17.3 Å². The fourth-order valence-electron chi connectivity index (χ4n) is 3.05. The van der Waals surface area contributed by atoms with E-state index < -0.39 is 41.3 Å². The van der Waals surface area contributed by atoms with Gasteiger partial charge in [0.15, 0.2) is 24.7 Å². The number of hydrogen-bond acceptors (Lipinski definition) is 10. The standard InChI is InChI=1S/C21H27N5O9/c1-3-4-9-25-19(22)18(20(29)23-21(25)30)24(10-11-33-2)16(27)12-35-17(28)13-34-15-8-6-5-7-14(15)26(31)32/h5-8H,3-4,9-13,22H2,1-2H3,(H,23,29,30). The van der Waals surface area contributed by atoms with Crippen LogP contribution in [0.5, 0.6) is 5.75 Å². The van der Waals surface area contributed by atoms with Crippen molar-refractivity contribution in [3.05, 3.63) is 55.2 Å². The molecule has 0 saturated carbocycles. The quantitative estimate of drug-likeness (QED) is 0.225. The number of aromatic nitrogens is 2. The molecule has 1 heterocycles. The lowest BCUT2D eigenvalue weighted by Crippen LogP contribution is -2.44.